The molecule has 0 aromatic heterocycles. The third-order valence-electron chi connectivity index (χ3n) is 5.76. The van der Waals surface area contributed by atoms with E-state index in [9.17, 15) is 4.79 Å². The topological polar surface area (TPSA) is 66.0 Å². The van der Waals surface area contributed by atoms with Crippen molar-refractivity contribution in [3.8, 4) is 0 Å². The summed E-state index contributed by atoms with van der Waals surface area (Å²) < 4.78 is 5.93. The largest absolute Gasteiger partial charge is 0.373 e. The standard InChI is InChI=1S/C21H30N4O2.HI/c1-2-22-21(24-18-12-17-9-10-19(18)27-17)23-13-15-5-7-16(8-6-15)14-25-11-3-4-20(25)26;/h5-8,17-19H,2-4,9-14H2,1H3,(H2,22,23,24);1H. The molecule has 3 saturated heterocycles. The average Bonchev–Trinajstić information content (AvgIpc) is 3.39. The maximum Gasteiger partial charge on any atom is 0.222 e. The molecular formula is C21H31IN4O2. The molecule has 28 heavy (non-hydrogen) atoms. The van der Waals surface area contributed by atoms with Crippen molar-refractivity contribution in [2.75, 3.05) is 13.1 Å². The van der Waals surface area contributed by atoms with E-state index in [4.69, 9.17) is 9.73 Å². The molecule has 7 heteroatoms. The highest BCUT2D eigenvalue weighted by Gasteiger charge is 2.41. The Morgan fingerprint density at radius 2 is 2.04 bits per heavy atom. The van der Waals surface area contributed by atoms with Crippen LogP contribution in [0.2, 0.25) is 0 Å². The predicted octanol–water partition coefficient (Wildman–Crippen LogP) is 2.80. The van der Waals surface area contributed by atoms with Crippen LogP contribution in [0, 0.1) is 0 Å². The molecule has 3 fully saturated rings. The zero-order valence-corrected chi connectivity index (χ0v) is 18.9. The van der Waals surface area contributed by atoms with E-state index in [1.54, 1.807) is 0 Å². The normalized spacial score (nSPS) is 26.5. The lowest BCUT2D eigenvalue weighted by molar-refractivity contribution is -0.128. The number of carbonyl (C=O) groups is 1. The summed E-state index contributed by atoms with van der Waals surface area (Å²) in [6.07, 6.45) is 5.89. The van der Waals surface area contributed by atoms with Crippen molar-refractivity contribution in [3.63, 3.8) is 0 Å². The first kappa shape index (κ1) is 21.4. The van der Waals surface area contributed by atoms with Gasteiger partial charge in [0.1, 0.15) is 0 Å². The molecular weight excluding hydrogens is 467 g/mol. The second-order valence-electron chi connectivity index (χ2n) is 7.79. The Hall–Kier alpha value is -1.35. The van der Waals surface area contributed by atoms with Crippen LogP contribution in [0.1, 0.15) is 50.2 Å². The van der Waals surface area contributed by atoms with Gasteiger partial charge in [-0.2, -0.15) is 0 Å². The van der Waals surface area contributed by atoms with Crippen LogP contribution in [0.25, 0.3) is 0 Å². The van der Waals surface area contributed by atoms with Gasteiger partial charge in [-0.1, -0.05) is 24.3 Å². The summed E-state index contributed by atoms with van der Waals surface area (Å²) in [6, 6.07) is 8.83. The fraction of sp³-hybridized carbons (Fsp3) is 0.619. The van der Waals surface area contributed by atoms with Crippen molar-refractivity contribution >= 4 is 35.8 Å². The first-order chi connectivity index (χ1) is 13.2. The van der Waals surface area contributed by atoms with Crippen LogP contribution < -0.4 is 10.6 Å². The minimum Gasteiger partial charge on any atom is -0.373 e. The highest BCUT2D eigenvalue weighted by molar-refractivity contribution is 14.0. The Kier molecular flexibility index (Phi) is 7.56. The lowest BCUT2D eigenvalue weighted by atomic mass is 9.96. The van der Waals surface area contributed by atoms with Gasteiger partial charge in [0.05, 0.1) is 24.8 Å². The number of rotatable bonds is 6. The third kappa shape index (κ3) is 5.17. The molecule has 3 unspecified atom stereocenters. The number of aliphatic imine (C=N–C) groups is 1. The number of likely N-dealkylation sites (tertiary alicyclic amines) is 1. The number of benzene rings is 1. The van der Waals surface area contributed by atoms with Gasteiger partial charge in [0.15, 0.2) is 5.96 Å². The molecule has 154 valence electrons. The number of hydrogen-bond donors (Lipinski definition) is 2. The summed E-state index contributed by atoms with van der Waals surface area (Å²) in [4.78, 5) is 18.5. The van der Waals surface area contributed by atoms with Crippen molar-refractivity contribution in [2.45, 2.75) is 70.4 Å². The number of guanidine groups is 1. The SMILES string of the molecule is CCNC(=NCc1ccc(CN2CCCC2=O)cc1)NC1CC2CCC1O2.I. The molecule has 1 aromatic rings. The van der Waals surface area contributed by atoms with Crippen molar-refractivity contribution in [3.05, 3.63) is 35.4 Å². The molecule has 3 atom stereocenters. The van der Waals surface area contributed by atoms with E-state index in [0.29, 0.717) is 31.2 Å². The molecule has 1 amide bonds. The minimum atomic E-state index is 0. The van der Waals surface area contributed by atoms with Gasteiger partial charge in [0.2, 0.25) is 5.91 Å². The molecule has 2 bridgehead atoms. The minimum absolute atomic E-state index is 0. The number of halogens is 1. The van der Waals surface area contributed by atoms with E-state index in [-0.39, 0.29) is 29.9 Å². The smallest absolute Gasteiger partial charge is 0.222 e. The maximum atomic E-state index is 11.8. The quantitative estimate of drug-likeness (QED) is 0.360. The van der Waals surface area contributed by atoms with Crippen LogP contribution in [-0.4, -0.2) is 48.1 Å². The lowest BCUT2D eigenvalue weighted by Crippen LogP contribution is -2.47. The molecule has 3 aliphatic heterocycles. The maximum absolute atomic E-state index is 11.8. The zero-order chi connectivity index (χ0) is 18.6. The second kappa shape index (κ2) is 9.91. The Balaban J connectivity index is 0.00000225. The van der Waals surface area contributed by atoms with Crippen LogP contribution >= 0.6 is 24.0 Å². The van der Waals surface area contributed by atoms with Crippen LogP contribution in [-0.2, 0) is 22.6 Å². The Bertz CT molecular complexity index is 694. The summed E-state index contributed by atoms with van der Waals surface area (Å²) in [5, 5.41) is 6.90. The first-order valence-corrected chi connectivity index (χ1v) is 10.3. The van der Waals surface area contributed by atoms with E-state index >= 15 is 0 Å². The number of nitrogens with zero attached hydrogens (tertiary/aromatic N) is 2. The van der Waals surface area contributed by atoms with Crippen LogP contribution in [0.4, 0.5) is 0 Å². The third-order valence-corrected chi connectivity index (χ3v) is 5.76. The van der Waals surface area contributed by atoms with Crippen LogP contribution in [0.3, 0.4) is 0 Å². The molecule has 0 aliphatic carbocycles. The molecule has 4 rings (SSSR count). The Morgan fingerprint density at radius 1 is 1.25 bits per heavy atom. The Labute approximate surface area is 184 Å². The van der Waals surface area contributed by atoms with Gasteiger partial charge in [-0.25, -0.2) is 4.99 Å². The van der Waals surface area contributed by atoms with Gasteiger partial charge < -0.3 is 20.3 Å². The molecule has 3 heterocycles. The van der Waals surface area contributed by atoms with E-state index in [1.165, 1.54) is 17.5 Å². The fourth-order valence-electron chi connectivity index (χ4n) is 4.30. The van der Waals surface area contributed by atoms with E-state index in [2.05, 4.69) is 41.8 Å². The monoisotopic (exact) mass is 498 g/mol. The Morgan fingerprint density at radius 3 is 2.64 bits per heavy atom. The van der Waals surface area contributed by atoms with Gasteiger partial charge in [-0.3, -0.25) is 4.79 Å². The van der Waals surface area contributed by atoms with E-state index in [0.717, 1.165) is 44.9 Å². The first-order valence-electron chi connectivity index (χ1n) is 10.3. The fourth-order valence-corrected chi connectivity index (χ4v) is 4.30. The summed E-state index contributed by atoms with van der Waals surface area (Å²) in [6.45, 7) is 5.17. The summed E-state index contributed by atoms with van der Waals surface area (Å²) in [5.41, 5.74) is 2.36. The van der Waals surface area contributed by atoms with E-state index in [1.807, 2.05) is 4.90 Å². The van der Waals surface area contributed by atoms with Crippen molar-refractivity contribution in [1.29, 1.82) is 0 Å². The van der Waals surface area contributed by atoms with Gasteiger partial charge in [-0.05, 0) is 43.7 Å². The summed E-state index contributed by atoms with van der Waals surface area (Å²) in [5.74, 6) is 1.14. The molecule has 1 aromatic carbocycles. The number of nitrogens with one attached hydrogen (secondary N) is 2. The molecule has 0 radical (unpaired) electrons. The number of ether oxygens (including phenoxy) is 1. The number of fused-ring (bicyclic) bond motifs is 2. The highest BCUT2D eigenvalue weighted by atomic mass is 127. The van der Waals surface area contributed by atoms with Gasteiger partial charge in [0.25, 0.3) is 0 Å². The highest BCUT2D eigenvalue weighted by Crippen LogP contribution is 2.34. The molecule has 0 saturated carbocycles. The van der Waals surface area contributed by atoms with Crippen molar-refractivity contribution in [1.82, 2.24) is 15.5 Å². The van der Waals surface area contributed by atoms with Gasteiger partial charge in [0, 0.05) is 26.1 Å². The van der Waals surface area contributed by atoms with Crippen LogP contribution in [0.5, 0.6) is 0 Å². The number of carbonyl (C=O) groups excluding carboxylic acids is 1. The molecule has 0 spiro atoms. The predicted molar refractivity (Wildman–Crippen MR) is 121 cm³/mol. The summed E-state index contributed by atoms with van der Waals surface area (Å²) >= 11 is 0. The number of amides is 1. The lowest BCUT2D eigenvalue weighted by Gasteiger charge is -2.22. The number of hydrogen-bond acceptors (Lipinski definition) is 3. The zero-order valence-electron chi connectivity index (χ0n) is 16.5. The second-order valence-corrected chi connectivity index (χ2v) is 7.79. The van der Waals surface area contributed by atoms with Crippen molar-refractivity contribution in [2.24, 2.45) is 4.99 Å². The van der Waals surface area contributed by atoms with Crippen LogP contribution in [0.15, 0.2) is 29.3 Å². The summed E-state index contributed by atoms with van der Waals surface area (Å²) in [7, 11) is 0. The van der Waals surface area contributed by atoms with Gasteiger partial charge >= 0.3 is 0 Å². The average molecular weight is 498 g/mol. The molecule has 3 aliphatic rings. The van der Waals surface area contributed by atoms with Crippen molar-refractivity contribution < 1.29 is 9.53 Å². The molecule has 2 N–H and O–H groups in total. The van der Waals surface area contributed by atoms with Gasteiger partial charge in [-0.15, -0.1) is 24.0 Å². The van der Waals surface area contributed by atoms with E-state index < -0.39 is 0 Å². The molecule has 6 nitrogen and oxygen atoms in total.